The van der Waals surface area contributed by atoms with Crippen LogP contribution in [-0.4, -0.2) is 43.1 Å². The molecule has 2 fully saturated rings. The van der Waals surface area contributed by atoms with Gasteiger partial charge in [0.05, 0.1) is 6.54 Å². The molecule has 1 aliphatic carbocycles. The molecule has 3 rings (SSSR count). The average molecular weight is 291 g/mol. The van der Waals surface area contributed by atoms with Gasteiger partial charge in [0.25, 0.3) is 0 Å². The monoisotopic (exact) mass is 291 g/mol. The number of aryl methyl sites for hydroxylation is 1. The van der Waals surface area contributed by atoms with Crippen molar-refractivity contribution in [1.29, 1.82) is 0 Å². The van der Waals surface area contributed by atoms with Crippen molar-refractivity contribution >= 4 is 11.8 Å². The predicted molar refractivity (Wildman–Crippen MR) is 75.0 cm³/mol. The highest BCUT2D eigenvalue weighted by molar-refractivity contribution is 5.99. The first-order chi connectivity index (χ1) is 10.0. The number of piperazine rings is 1. The van der Waals surface area contributed by atoms with Crippen LogP contribution in [0, 0.1) is 0 Å². The Morgan fingerprint density at radius 3 is 2.67 bits per heavy atom. The van der Waals surface area contributed by atoms with Crippen LogP contribution in [0.2, 0.25) is 0 Å². The Hall–Kier alpha value is -1.92. The van der Waals surface area contributed by atoms with Crippen LogP contribution in [-0.2, 0) is 23.2 Å². The number of aromatic nitrogens is 3. The van der Waals surface area contributed by atoms with Gasteiger partial charge in [-0.3, -0.25) is 14.3 Å². The maximum absolute atomic E-state index is 12.6. The van der Waals surface area contributed by atoms with E-state index in [0.717, 1.165) is 32.1 Å². The molecule has 1 spiro atoms. The molecular formula is C14H21N5O2. The molecule has 2 heterocycles. The van der Waals surface area contributed by atoms with E-state index in [1.165, 1.54) is 6.33 Å². The van der Waals surface area contributed by atoms with E-state index in [-0.39, 0.29) is 11.8 Å². The number of carbonyl (C=O) groups is 2. The molecule has 0 bridgehead atoms. The fourth-order valence-corrected chi connectivity index (χ4v) is 3.43. The van der Waals surface area contributed by atoms with Gasteiger partial charge in [-0.25, -0.2) is 4.98 Å². The molecule has 1 atom stereocenters. The first kappa shape index (κ1) is 14.0. The number of amides is 2. The minimum Gasteiger partial charge on any atom is -0.343 e. The van der Waals surface area contributed by atoms with Crippen molar-refractivity contribution in [2.45, 2.75) is 57.2 Å². The number of rotatable bonds is 2. The Bertz CT molecular complexity index is 561. The highest BCUT2D eigenvalue weighted by Crippen LogP contribution is 2.37. The van der Waals surface area contributed by atoms with Crippen molar-refractivity contribution in [3.63, 3.8) is 0 Å². The molecule has 1 unspecified atom stereocenters. The molecule has 2 aliphatic rings. The summed E-state index contributed by atoms with van der Waals surface area (Å²) in [5.74, 6) is 0.658. The fourth-order valence-electron chi connectivity index (χ4n) is 3.43. The van der Waals surface area contributed by atoms with Crippen molar-refractivity contribution in [2.75, 3.05) is 0 Å². The van der Waals surface area contributed by atoms with Gasteiger partial charge in [-0.15, -0.1) is 0 Å². The Kier molecular flexibility index (Phi) is 3.43. The van der Waals surface area contributed by atoms with Crippen LogP contribution < -0.4 is 5.32 Å². The van der Waals surface area contributed by atoms with Gasteiger partial charge in [-0.2, -0.15) is 5.10 Å². The fraction of sp³-hybridized carbons (Fsp3) is 0.714. The molecule has 1 aliphatic heterocycles. The van der Waals surface area contributed by atoms with E-state index in [1.807, 2.05) is 0 Å². The summed E-state index contributed by atoms with van der Waals surface area (Å²) in [7, 11) is 1.80. The molecule has 1 saturated heterocycles. The van der Waals surface area contributed by atoms with Crippen molar-refractivity contribution < 1.29 is 9.59 Å². The van der Waals surface area contributed by atoms with Gasteiger partial charge in [0.15, 0.2) is 0 Å². The lowest BCUT2D eigenvalue weighted by Crippen LogP contribution is -2.70. The third-order valence-electron chi connectivity index (χ3n) is 4.71. The highest BCUT2D eigenvalue weighted by atomic mass is 16.2. The van der Waals surface area contributed by atoms with Gasteiger partial charge in [0.1, 0.15) is 23.7 Å². The molecule has 7 heteroatoms. The van der Waals surface area contributed by atoms with E-state index >= 15 is 0 Å². The van der Waals surface area contributed by atoms with Crippen molar-refractivity contribution in [2.24, 2.45) is 7.05 Å². The van der Waals surface area contributed by atoms with Gasteiger partial charge < -0.3 is 10.2 Å². The van der Waals surface area contributed by atoms with E-state index in [9.17, 15) is 9.59 Å². The number of nitrogens with zero attached hydrogens (tertiary/aromatic N) is 4. The maximum Gasteiger partial charge on any atom is 0.246 e. The minimum atomic E-state index is -0.701. The summed E-state index contributed by atoms with van der Waals surface area (Å²) in [6, 6.07) is -0.474. The topological polar surface area (TPSA) is 80.1 Å². The first-order valence-corrected chi connectivity index (χ1v) is 7.50. The van der Waals surface area contributed by atoms with Crippen LogP contribution in [0.4, 0.5) is 0 Å². The van der Waals surface area contributed by atoms with Crippen molar-refractivity contribution in [3.8, 4) is 0 Å². The molecule has 7 nitrogen and oxygen atoms in total. The Labute approximate surface area is 123 Å². The SMILES string of the molecule is CC1NC(=O)C2(CCCCC2)N(Cc2ncnn2C)C1=O. The lowest BCUT2D eigenvalue weighted by atomic mass is 9.77. The maximum atomic E-state index is 12.6. The van der Waals surface area contributed by atoms with Gasteiger partial charge in [0.2, 0.25) is 11.8 Å². The zero-order chi connectivity index (χ0) is 15.0. The van der Waals surface area contributed by atoms with Crippen LogP contribution >= 0.6 is 0 Å². The lowest BCUT2D eigenvalue weighted by molar-refractivity contribution is -0.160. The molecular weight excluding hydrogens is 270 g/mol. The van der Waals surface area contributed by atoms with Crippen molar-refractivity contribution in [3.05, 3.63) is 12.2 Å². The van der Waals surface area contributed by atoms with Crippen LogP contribution in [0.1, 0.15) is 44.9 Å². The van der Waals surface area contributed by atoms with E-state index in [4.69, 9.17) is 0 Å². The van der Waals surface area contributed by atoms with E-state index < -0.39 is 11.6 Å². The van der Waals surface area contributed by atoms with Gasteiger partial charge in [-0.1, -0.05) is 19.3 Å². The number of carbonyl (C=O) groups excluding carboxylic acids is 2. The number of nitrogens with one attached hydrogen (secondary N) is 1. The Morgan fingerprint density at radius 2 is 2.05 bits per heavy atom. The zero-order valence-corrected chi connectivity index (χ0v) is 12.5. The molecule has 0 radical (unpaired) electrons. The normalized spacial score (nSPS) is 25.2. The van der Waals surface area contributed by atoms with Gasteiger partial charge in [0, 0.05) is 7.05 Å². The molecule has 1 aromatic rings. The van der Waals surface area contributed by atoms with Crippen LogP contribution in [0.3, 0.4) is 0 Å². The Morgan fingerprint density at radius 1 is 1.33 bits per heavy atom. The molecule has 1 aromatic heterocycles. The number of hydrogen-bond acceptors (Lipinski definition) is 4. The first-order valence-electron chi connectivity index (χ1n) is 7.50. The second-order valence-corrected chi connectivity index (χ2v) is 6.01. The third kappa shape index (κ3) is 2.20. The van der Waals surface area contributed by atoms with Crippen LogP contribution in [0.25, 0.3) is 0 Å². The predicted octanol–water partition coefficient (Wildman–Crippen LogP) is 0.365. The van der Waals surface area contributed by atoms with E-state index in [1.54, 1.807) is 23.6 Å². The molecule has 21 heavy (non-hydrogen) atoms. The molecule has 1 N–H and O–H groups in total. The summed E-state index contributed by atoms with van der Waals surface area (Å²) in [4.78, 5) is 31.2. The lowest BCUT2D eigenvalue weighted by Gasteiger charge is -2.49. The minimum absolute atomic E-state index is 0.0172. The summed E-state index contributed by atoms with van der Waals surface area (Å²) in [6.45, 7) is 2.08. The van der Waals surface area contributed by atoms with Crippen molar-refractivity contribution in [1.82, 2.24) is 25.0 Å². The Balaban J connectivity index is 1.96. The smallest absolute Gasteiger partial charge is 0.246 e. The van der Waals surface area contributed by atoms with Crippen LogP contribution in [0.15, 0.2) is 6.33 Å². The molecule has 1 saturated carbocycles. The average Bonchev–Trinajstić information content (AvgIpc) is 2.88. The second kappa shape index (κ2) is 5.13. The summed E-state index contributed by atoms with van der Waals surface area (Å²) < 4.78 is 1.65. The molecule has 114 valence electrons. The summed E-state index contributed by atoms with van der Waals surface area (Å²) in [5.41, 5.74) is -0.701. The summed E-state index contributed by atoms with van der Waals surface area (Å²) in [5, 5.41) is 6.89. The van der Waals surface area contributed by atoms with E-state index in [0.29, 0.717) is 12.4 Å². The van der Waals surface area contributed by atoms with Gasteiger partial charge in [-0.05, 0) is 19.8 Å². The second-order valence-electron chi connectivity index (χ2n) is 6.01. The van der Waals surface area contributed by atoms with Crippen LogP contribution in [0.5, 0.6) is 0 Å². The van der Waals surface area contributed by atoms with Gasteiger partial charge >= 0.3 is 0 Å². The highest BCUT2D eigenvalue weighted by Gasteiger charge is 2.51. The zero-order valence-electron chi connectivity index (χ0n) is 12.5. The quantitative estimate of drug-likeness (QED) is 0.853. The standard InChI is InChI=1S/C14H21N5O2/c1-10-12(20)19(8-11-15-9-16-18(11)2)14(13(21)17-10)6-4-3-5-7-14/h9-10H,3-8H2,1-2H3,(H,17,21). The summed E-state index contributed by atoms with van der Waals surface area (Å²) >= 11 is 0. The molecule has 0 aromatic carbocycles. The largest absolute Gasteiger partial charge is 0.343 e. The van der Waals surface area contributed by atoms with E-state index in [2.05, 4.69) is 15.4 Å². The molecule has 2 amide bonds. The third-order valence-corrected chi connectivity index (χ3v) is 4.71. The summed E-state index contributed by atoms with van der Waals surface area (Å²) in [6.07, 6.45) is 6.01. The number of hydrogen-bond donors (Lipinski definition) is 1.